The van der Waals surface area contributed by atoms with Crippen molar-refractivity contribution in [1.82, 2.24) is 20.0 Å². The number of amides is 2. The molecule has 0 radical (unpaired) electrons. The highest BCUT2D eigenvalue weighted by Gasteiger charge is 2.35. The average molecular weight is 530 g/mol. The lowest BCUT2D eigenvalue weighted by molar-refractivity contribution is 0.119. The van der Waals surface area contributed by atoms with Crippen LogP contribution < -0.4 is 15.4 Å². The van der Waals surface area contributed by atoms with Crippen LogP contribution in [0.25, 0.3) is 5.69 Å². The van der Waals surface area contributed by atoms with Gasteiger partial charge in [0.1, 0.15) is 24.1 Å². The molecule has 1 aromatic heterocycles. The molecular formula is C27H33F2N5O4. The molecule has 0 spiro atoms. The maximum Gasteiger partial charge on any atom is 0.320 e. The molecule has 1 aliphatic heterocycles. The van der Waals surface area contributed by atoms with Gasteiger partial charge in [0.25, 0.3) is 0 Å². The number of hydrogen-bond donors (Lipinski definition) is 3. The molecule has 3 atom stereocenters. The van der Waals surface area contributed by atoms with E-state index in [1.54, 1.807) is 25.6 Å². The lowest BCUT2D eigenvalue weighted by Gasteiger charge is -2.21. The largest absolute Gasteiger partial charge is 0.474 e. The van der Waals surface area contributed by atoms with E-state index in [4.69, 9.17) is 9.47 Å². The van der Waals surface area contributed by atoms with Crippen LogP contribution in [-0.4, -0.2) is 77.9 Å². The number of carbonyl (C=O) groups excluding carboxylic acids is 1. The molecule has 3 N–H and O–H groups in total. The summed E-state index contributed by atoms with van der Waals surface area (Å²) in [6.07, 6.45) is -0.691. The lowest BCUT2D eigenvalue weighted by atomic mass is 9.94. The van der Waals surface area contributed by atoms with Gasteiger partial charge in [-0.2, -0.15) is 0 Å². The van der Waals surface area contributed by atoms with Gasteiger partial charge in [-0.3, -0.25) is 10.2 Å². The molecule has 2 amide bonds. The molecule has 2 aromatic carbocycles. The van der Waals surface area contributed by atoms with Crippen LogP contribution in [0.4, 0.5) is 19.4 Å². The summed E-state index contributed by atoms with van der Waals surface area (Å²) in [4.78, 5) is 15.4. The zero-order valence-corrected chi connectivity index (χ0v) is 21.7. The molecule has 1 aliphatic rings. The van der Waals surface area contributed by atoms with E-state index in [9.17, 15) is 18.7 Å². The Morgan fingerprint density at radius 1 is 1.18 bits per heavy atom. The van der Waals surface area contributed by atoms with Gasteiger partial charge in [0.15, 0.2) is 0 Å². The van der Waals surface area contributed by atoms with Crippen LogP contribution in [0.5, 0.6) is 5.88 Å². The first-order valence-corrected chi connectivity index (χ1v) is 12.5. The molecular weight excluding hydrogens is 496 g/mol. The second-order valence-corrected chi connectivity index (χ2v) is 9.45. The molecule has 0 aliphatic carbocycles. The zero-order valence-electron chi connectivity index (χ0n) is 21.7. The molecule has 38 heavy (non-hydrogen) atoms. The number of urea groups is 1. The van der Waals surface area contributed by atoms with E-state index in [0.717, 1.165) is 6.07 Å². The number of para-hydroxylation sites is 1. The van der Waals surface area contributed by atoms with Crippen molar-refractivity contribution < 1.29 is 28.2 Å². The van der Waals surface area contributed by atoms with Crippen molar-refractivity contribution in [3.8, 4) is 11.6 Å². The quantitative estimate of drug-likeness (QED) is 0.372. The van der Waals surface area contributed by atoms with Crippen molar-refractivity contribution in [2.24, 2.45) is 0 Å². The molecule has 204 valence electrons. The standard InChI is InChI=1S/C27H33F2N5O4/c1-17(35)16-38-26-18(2)25(34(32-26)22-7-5-4-6-8-22)31-27(36)30-24-15-33(9-10-37-3)14-23(24)19-11-20(28)13-21(29)12-19/h4-8,11-13,17,23-24,35H,9-10,14-16H2,1-3H3,(H2,30,31,36)/t17-,23-,24+/m0/s1. The minimum atomic E-state index is -0.691. The Morgan fingerprint density at radius 2 is 1.89 bits per heavy atom. The van der Waals surface area contributed by atoms with Gasteiger partial charge in [0.05, 0.1) is 30.0 Å². The Balaban J connectivity index is 1.57. The van der Waals surface area contributed by atoms with Gasteiger partial charge < -0.3 is 19.9 Å². The van der Waals surface area contributed by atoms with E-state index in [1.165, 1.54) is 12.1 Å². The summed E-state index contributed by atoms with van der Waals surface area (Å²) in [6.45, 7) is 5.52. The third-order valence-corrected chi connectivity index (χ3v) is 6.41. The number of aliphatic hydroxyl groups is 1. The molecule has 1 fully saturated rings. The van der Waals surface area contributed by atoms with Crippen LogP contribution in [0, 0.1) is 18.6 Å². The Kier molecular flexibility index (Phi) is 8.93. The minimum Gasteiger partial charge on any atom is -0.474 e. The van der Waals surface area contributed by atoms with Crippen LogP contribution in [-0.2, 0) is 4.74 Å². The fourth-order valence-electron chi connectivity index (χ4n) is 4.59. The van der Waals surface area contributed by atoms with Crippen molar-refractivity contribution in [3.63, 3.8) is 0 Å². The van der Waals surface area contributed by atoms with Gasteiger partial charge in [-0.05, 0) is 43.7 Å². The molecule has 3 aromatic rings. The molecule has 4 rings (SSSR count). The molecule has 9 nitrogen and oxygen atoms in total. The Hall–Kier alpha value is -3.54. The highest BCUT2D eigenvalue weighted by Crippen LogP contribution is 2.31. The zero-order chi connectivity index (χ0) is 27.2. The lowest BCUT2D eigenvalue weighted by Crippen LogP contribution is -2.42. The first-order chi connectivity index (χ1) is 18.2. The summed E-state index contributed by atoms with van der Waals surface area (Å²) < 4.78 is 40.4. The number of hydrogen-bond acceptors (Lipinski definition) is 6. The normalized spacial score (nSPS) is 18.4. The average Bonchev–Trinajstić information content (AvgIpc) is 3.42. The number of methoxy groups -OCH3 is 1. The van der Waals surface area contributed by atoms with Crippen molar-refractivity contribution in [2.45, 2.75) is 31.9 Å². The number of aliphatic hydroxyl groups excluding tert-OH is 1. The summed E-state index contributed by atoms with van der Waals surface area (Å²) in [5.74, 6) is -0.967. The number of nitrogens with one attached hydrogen (secondary N) is 2. The molecule has 0 bridgehead atoms. The van der Waals surface area contributed by atoms with Crippen molar-refractivity contribution in [1.29, 1.82) is 0 Å². The summed E-state index contributed by atoms with van der Waals surface area (Å²) in [5.41, 5.74) is 1.77. The molecule has 0 unspecified atom stereocenters. The monoisotopic (exact) mass is 529 g/mol. The number of ether oxygens (including phenoxy) is 2. The van der Waals surface area contributed by atoms with Gasteiger partial charge in [0, 0.05) is 38.7 Å². The topological polar surface area (TPSA) is 101 Å². The predicted octanol–water partition coefficient (Wildman–Crippen LogP) is 3.45. The van der Waals surface area contributed by atoms with E-state index in [-0.39, 0.29) is 18.4 Å². The molecule has 2 heterocycles. The number of aromatic nitrogens is 2. The number of halogens is 2. The minimum absolute atomic E-state index is 0.0452. The highest BCUT2D eigenvalue weighted by molar-refractivity contribution is 5.90. The second kappa shape index (κ2) is 12.3. The number of rotatable bonds is 10. The van der Waals surface area contributed by atoms with Gasteiger partial charge in [0.2, 0.25) is 5.88 Å². The smallest absolute Gasteiger partial charge is 0.320 e. The molecule has 11 heteroatoms. The second-order valence-electron chi connectivity index (χ2n) is 9.45. The van der Waals surface area contributed by atoms with Crippen LogP contribution in [0.15, 0.2) is 48.5 Å². The third-order valence-electron chi connectivity index (χ3n) is 6.41. The number of benzene rings is 2. The maximum absolute atomic E-state index is 14.0. The van der Waals surface area contributed by atoms with Crippen LogP contribution >= 0.6 is 0 Å². The van der Waals surface area contributed by atoms with Crippen LogP contribution in [0.1, 0.15) is 24.0 Å². The molecule has 0 saturated carbocycles. The van der Waals surface area contributed by atoms with Crippen molar-refractivity contribution in [2.75, 3.05) is 45.3 Å². The summed E-state index contributed by atoms with van der Waals surface area (Å²) in [7, 11) is 1.61. The predicted molar refractivity (Wildman–Crippen MR) is 139 cm³/mol. The fourth-order valence-corrected chi connectivity index (χ4v) is 4.59. The summed E-state index contributed by atoms with van der Waals surface area (Å²) >= 11 is 0. The number of carbonyl (C=O) groups is 1. The van der Waals surface area contributed by atoms with Crippen LogP contribution in [0.3, 0.4) is 0 Å². The van der Waals surface area contributed by atoms with Crippen molar-refractivity contribution in [3.05, 3.63) is 71.3 Å². The molecule has 1 saturated heterocycles. The first-order valence-electron chi connectivity index (χ1n) is 12.5. The highest BCUT2D eigenvalue weighted by atomic mass is 19.1. The van der Waals surface area contributed by atoms with Crippen molar-refractivity contribution >= 4 is 11.8 Å². The SMILES string of the molecule is COCCN1C[C@@H](NC(=O)Nc2c(C)c(OC[C@H](C)O)nn2-c2ccccc2)[C@H](c2cc(F)cc(F)c2)C1. The van der Waals surface area contributed by atoms with Gasteiger partial charge in [-0.15, -0.1) is 5.10 Å². The summed E-state index contributed by atoms with van der Waals surface area (Å²) in [6, 6.07) is 11.8. The van der Waals surface area contributed by atoms with Gasteiger partial charge in [-0.1, -0.05) is 18.2 Å². The maximum atomic E-state index is 14.0. The Bertz CT molecular complexity index is 1220. The number of anilines is 1. The van der Waals surface area contributed by atoms with E-state index in [0.29, 0.717) is 48.9 Å². The van der Waals surface area contributed by atoms with Gasteiger partial charge >= 0.3 is 6.03 Å². The van der Waals surface area contributed by atoms with E-state index >= 15 is 0 Å². The Morgan fingerprint density at radius 3 is 2.55 bits per heavy atom. The summed E-state index contributed by atoms with van der Waals surface area (Å²) in [5, 5.41) is 20.0. The van der Waals surface area contributed by atoms with E-state index < -0.39 is 29.8 Å². The van der Waals surface area contributed by atoms with Crippen LogP contribution in [0.2, 0.25) is 0 Å². The number of nitrogens with zero attached hydrogens (tertiary/aromatic N) is 3. The van der Waals surface area contributed by atoms with E-state index in [2.05, 4.69) is 20.6 Å². The number of likely N-dealkylation sites (tertiary alicyclic amines) is 1. The first kappa shape index (κ1) is 27.5. The Labute approximate surface area is 220 Å². The van der Waals surface area contributed by atoms with Gasteiger partial charge in [-0.25, -0.2) is 18.3 Å². The third kappa shape index (κ3) is 6.66. The fraction of sp³-hybridized carbons (Fsp3) is 0.407. The van der Waals surface area contributed by atoms with E-state index in [1.807, 2.05) is 30.3 Å².